The molecule has 172 valence electrons. The summed E-state index contributed by atoms with van der Waals surface area (Å²) in [6.45, 7) is 1.95. The van der Waals surface area contributed by atoms with Crippen molar-refractivity contribution in [1.82, 2.24) is 4.90 Å². The van der Waals surface area contributed by atoms with Gasteiger partial charge in [-0.3, -0.25) is 19.7 Å². The van der Waals surface area contributed by atoms with Crippen LogP contribution in [0.25, 0.3) is 0 Å². The molecule has 0 radical (unpaired) electrons. The van der Waals surface area contributed by atoms with Crippen molar-refractivity contribution in [2.24, 2.45) is 0 Å². The van der Waals surface area contributed by atoms with Crippen LogP contribution in [0.1, 0.15) is 81.5 Å². The Morgan fingerprint density at radius 1 is 1.29 bits per heavy atom. The molecule has 31 heavy (non-hydrogen) atoms. The first kappa shape index (κ1) is 25.1. The van der Waals surface area contributed by atoms with Crippen LogP contribution >= 0.6 is 11.6 Å². The van der Waals surface area contributed by atoms with Crippen LogP contribution in [0.2, 0.25) is 5.02 Å². The number of amides is 1. The van der Waals surface area contributed by atoms with Crippen molar-refractivity contribution >= 4 is 29.5 Å². The Morgan fingerprint density at radius 3 is 2.58 bits per heavy atom. The summed E-state index contributed by atoms with van der Waals surface area (Å²) in [4.78, 5) is 35.9. The first-order valence-corrected chi connectivity index (χ1v) is 11.3. The predicted octanol–water partition coefficient (Wildman–Crippen LogP) is 4.89. The van der Waals surface area contributed by atoms with E-state index in [1.807, 2.05) is 0 Å². The molecule has 1 aliphatic rings. The third-order valence-corrected chi connectivity index (χ3v) is 5.93. The molecule has 0 aliphatic heterocycles. The minimum atomic E-state index is -0.764. The lowest BCUT2D eigenvalue weighted by Crippen LogP contribution is -2.46. The van der Waals surface area contributed by atoms with Crippen molar-refractivity contribution in [3.8, 4) is 5.75 Å². The maximum atomic E-state index is 12.6. The van der Waals surface area contributed by atoms with Crippen molar-refractivity contribution in [2.45, 2.75) is 83.4 Å². The van der Waals surface area contributed by atoms with E-state index in [-0.39, 0.29) is 28.3 Å². The lowest BCUT2D eigenvalue weighted by Gasteiger charge is -2.36. The second-order valence-electron chi connectivity index (χ2n) is 7.92. The fourth-order valence-corrected chi connectivity index (χ4v) is 4.34. The number of nitro benzene ring substituents is 1. The maximum absolute atomic E-state index is 12.6. The van der Waals surface area contributed by atoms with E-state index in [2.05, 4.69) is 0 Å². The fourth-order valence-electron chi connectivity index (χ4n) is 4.11. The van der Waals surface area contributed by atoms with E-state index in [0.29, 0.717) is 25.7 Å². The normalized spacial score (nSPS) is 15.3. The van der Waals surface area contributed by atoms with Crippen LogP contribution in [-0.4, -0.2) is 46.0 Å². The Kier molecular flexibility index (Phi) is 10.2. The molecule has 1 atom stereocenters. The molecule has 1 N–H and O–H groups in total. The lowest BCUT2D eigenvalue weighted by atomic mass is 9.93. The zero-order chi connectivity index (χ0) is 22.8. The average molecular weight is 455 g/mol. The van der Waals surface area contributed by atoms with Gasteiger partial charge in [-0.25, -0.2) is 0 Å². The van der Waals surface area contributed by atoms with Crippen LogP contribution in [0, 0.1) is 10.1 Å². The number of benzene rings is 1. The van der Waals surface area contributed by atoms with Gasteiger partial charge in [0.05, 0.1) is 11.5 Å². The van der Waals surface area contributed by atoms with Crippen molar-refractivity contribution in [1.29, 1.82) is 0 Å². The SMILES string of the molecule is CC(O)N(C(=O)CCCCCCOc1ccc(Cl)c([N+](=O)[O-])c1C=O)C1CCCCC1. The van der Waals surface area contributed by atoms with E-state index < -0.39 is 16.8 Å². The Bertz CT molecular complexity index is 765. The number of halogens is 1. The van der Waals surface area contributed by atoms with E-state index in [1.165, 1.54) is 18.6 Å². The molecular weight excluding hydrogens is 424 g/mol. The summed E-state index contributed by atoms with van der Waals surface area (Å²) in [6, 6.07) is 2.94. The van der Waals surface area contributed by atoms with Crippen LogP contribution < -0.4 is 4.74 Å². The third-order valence-electron chi connectivity index (χ3n) is 5.63. The Labute approximate surface area is 187 Å². The zero-order valence-corrected chi connectivity index (χ0v) is 18.7. The van der Waals surface area contributed by atoms with Gasteiger partial charge in [-0.1, -0.05) is 43.7 Å². The molecule has 1 aromatic rings. The average Bonchev–Trinajstić information content (AvgIpc) is 2.73. The second kappa shape index (κ2) is 12.6. The largest absolute Gasteiger partial charge is 0.493 e. The molecule has 0 bridgehead atoms. The summed E-state index contributed by atoms with van der Waals surface area (Å²) < 4.78 is 5.55. The highest BCUT2D eigenvalue weighted by molar-refractivity contribution is 6.33. The van der Waals surface area contributed by atoms with E-state index in [9.17, 15) is 24.8 Å². The fraction of sp³-hybridized carbons (Fsp3) is 0.636. The first-order valence-electron chi connectivity index (χ1n) is 10.9. The minimum absolute atomic E-state index is 0.00208. The monoisotopic (exact) mass is 454 g/mol. The number of ether oxygens (including phenoxy) is 1. The molecule has 1 aromatic carbocycles. The summed E-state index contributed by atoms with van der Waals surface area (Å²) >= 11 is 5.81. The number of carbonyl (C=O) groups excluding carboxylic acids is 2. The van der Waals surface area contributed by atoms with Gasteiger partial charge >= 0.3 is 5.69 Å². The van der Waals surface area contributed by atoms with Crippen molar-refractivity contribution in [3.63, 3.8) is 0 Å². The first-order chi connectivity index (χ1) is 14.9. The van der Waals surface area contributed by atoms with Crippen LogP contribution in [0.3, 0.4) is 0 Å². The number of aliphatic hydroxyl groups is 1. The number of aliphatic hydroxyl groups excluding tert-OH is 1. The number of hydrogen-bond acceptors (Lipinski definition) is 6. The number of aldehydes is 1. The van der Waals surface area contributed by atoms with Gasteiger partial charge in [-0.2, -0.15) is 0 Å². The van der Waals surface area contributed by atoms with Crippen LogP contribution in [0.4, 0.5) is 5.69 Å². The third kappa shape index (κ3) is 7.18. The molecule has 0 saturated heterocycles. The quantitative estimate of drug-likeness (QED) is 0.158. The summed E-state index contributed by atoms with van der Waals surface area (Å²) in [5.74, 6) is 0.142. The number of hydrogen-bond donors (Lipinski definition) is 1. The molecule has 0 spiro atoms. The van der Waals surface area contributed by atoms with Gasteiger partial charge in [0.15, 0.2) is 6.29 Å². The molecule has 1 aliphatic carbocycles. The van der Waals surface area contributed by atoms with Gasteiger partial charge in [0.2, 0.25) is 5.91 Å². The topological polar surface area (TPSA) is 110 Å². The minimum Gasteiger partial charge on any atom is -0.493 e. The van der Waals surface area contributed by atoms with Crippen molar-refractivity contribution in [2.75, 3.05) is 6.61 Å². The molecule has 0 aromatic heterocycles. The highest BCUT2D eigenvalue weighted by Gasteiger charge is 2.28. The van der Waals surface area contributed by atoms with E-state index >= 15 is 0 Å². The Morgan fingerprint density at radius 2 is 1.97 bits per heavy atom. The summed E-state index contributed by atoms with van der Waals surface area (Å²) in [6.07, 6.45) is 8.38. The molecule has 1 saturated carbocycles. The van der Waals surface area contributed by atoms with Gasteiger partial charge in [-0.15, -0.1) is 0 Å². The molecule has 2 rings (SSSR count). The van der Waals surface area contributed by atoms with Gasteiger partial charge in [0.1, 0.15) is 22.6 Å². The number of unbranched alkanes of at least 4 members (excludes halogenated alkanes) is 3. The van der Waals surface area contributed by atoms with Crippen LogP contribution in [-0.2, 0) is 4.79 Å². The molecular formula is C22H31ClN2O6. The van der Waals surface area contributed by atoms with Crippen LogP contribution in [0.15, 0.2) is 12.1 Å². The molecule has 9 heteroatoms. The highest BCUT2D eigenvalue weighted by atomic mass is 35.5. The van der Waals surface area contributed by atoms with Crippen LogP contribution in [0.5, 0.6) is 5.75 Å². The summed E-state index contributed by atoms with van der Waals surface area (Å²) in [7, 11) is 0. The van der Waals surface area contributed by atoms with E-state index in [1.54, 1.807) is 11.8 Å². The smallest absolute Gasteiger partial charge is 0.302 e. The summed E-state index contributed by atoms with van der Waals surface area (Å²) in [5.41, 5.74) is -0.614. The number of rotatable bonds is 12. The lowest BCUT2D eigenvalue weighted by molar-refractivity contribution is -0.385. The number of nitro groups is 1. The molecule has 8 nitrogen and oxygen atoms in total. The van der Waals surface area contributed by atoms with E-state index in [4.69, 9.17) is 16.3 Å². The molecule has 0 heterocycles. The van der Waals surface area contributed by atoms with Gasteiger partial charge in [0, 0.05) is 12.5 Å². The Hall–Kier alpha value is -2.19. The van der Waals surface area contributed by atoms with Gasteiger partial charge in [-0.05, 0) is 44.7 Å². The maximum Gasteiger partial charge on any atom is 0.302 e. The summed E-state index contributed by atoms with van der Waals surface area (Å²) in [5, 5.41) is 21.0. The van der Waals surface area contributed by atoms with Gasteiger partial charge < -0.3 is 14.7 Å². The number of nitrogens with zero attached hydrogens (tertiary/aromatic N) is 2. The van der Waals surface area contributed by atoms with Crippen molar-refractivity contribution in [3.05, 3.63) is 32.8 Å². The zero-order valence-electron chi connectivity index (χ0n) is 17.9. The van der Waals surface area contributed by atoms with Crippen molar-refractivity contribution < 1.29 is 24.4 Å². The molecule has 1 unspecified atom stereocenters. The molecule has 1 fully saturated rings. The standard InChI is InChI=1S/C22H31ClN2O6/c1-16(27)24(17-9-5-4-6-10-17)21(28)11-7-2-3-8-14-31-20-13-12-19(23)22(25(29)30)18(20)15-26/h12-13,15-17,27H,2-11,14H2,1H3. The molecule has 1 amide bonds. The van der Waals surface area contributed by atoms with Gasteiger partial charge in [0.25, 0.3) is 0 Å². The Balaban J connectivity index is 1.73. The predicted molar refractivity (Wildman–Crippen MR) is 117 cm³/mol. The van der Waals surface area contributed by atoms with E-state index in [0.717, 1.165) is 44.9 Å². The number of carbonyl (C=O) groups is 2. The second-order valence-corrected chi connectivity index (χ2v) is 8.33. The highest BCUT2D eigenvalue weighted by Crippen LogP contribution is 2.34.